The van der Waals surface area contributed by atoms with E-state index in [0.29, 0.717) is 11.2 Å². The molecule has 0 saturated carbocycles. The van der Waals surface area contributed by atoms with Gasteiger partial charge in [0, 0.05) is 18.5 Å². The van der Waals surface area contributed by atoms with Crippen molar-refractivity contribution >= 4 is 24.0 Å². The molecule has 0 radical (unpaired) electrons. The normalized spacial score (nSPS) is 18.8. The fourth-order valence-corrected chi connectivity index (χ4v) is 2.51. The van der Waals surface area contributed by atoms with E-state index in [2.05, 4.69) is 5.10 Å². The lowest BCUT2D eigenvalue weighted by Crippen LogP contribution is -2.41. The highest BCUT2D eigenvalue weighted by Gasteiger charge is 2.52. The van der Waals surface area contributed by atoms with Crippen molar-refractivity contribution in [3.05, 3.63) is 40.7 Å². The van der Waals surface area contributed by atoms with E-state index in [1.54, 1.807) is 24.5 Å². The number of nitrogens with two attached hydrogens (primary N) is 1. The van der Waals surface area contributed by atoms with E-state index in [-0.39, 0.29) is 11.4 Å². The van der Waals surface area contributed by atoms with Crippen LogP contribution in [0.15, 0.2) is 30.6 Å². The molecule has 2 heterocycles. The van der Waals surface area contributed by atoms with E-state index >= 15 is 0 Å². The molecule has 126 valence electrons. The molecule has 24 heavy (non-hydrogen) atoms. The summed E-state index contributed by atoms with van der Waals surface area (Å²) in [6.07, 6.45) is 3.25. The molecule has 1 aliphatic heterocycles. The van der Waals surface area contributed by atoms with Crippen molar-refractivity contribution in [1.29, 1.82) is 0 Å². The topological polar surface area (TPSA) is 105 Å². The summed E-state index contributed by atoms with van der Waals surface area (Å²) in [6, 6.07) is 4.81. The van der Waals surface area contributed by atoms with Crippen LogP contribution in [0.2, 0.25) is 0 Å². The van der Waals surface area contributed by atoms with Gasteiger partial charge in [0.05, 0.1) is 21.8 Å². The Labute approximate surface area is 139 Å². The van der Waals surface area contributed by atoms with Crippen molar-refractivity contribution in [2.24, 2.45) is 0 Å². The van der Waals surface area contributed by atoms with Gasteiger partial charge in [-0.25, -0.2) is 4.68 Å². The van der Waals surface area contributed by atoms with Crippen molar-refractivity contribution in [1.82, 2.24) is 9.78 Å². The van der Waals surface area contributed by atoms with Gasteiger partial charge in [0.15, 0.2) is 0 Å². The lowest BCUT2D eigenvalue weighted by Gasteiger charge is -2.32. The Morgan fingerprint density at radius 3 is 2.38 bits per heavy atom. The van der Waals surface area contributed by atoms with Gasteiger partial charge in [-0.15, -0.1) is 0 Å². The van der Waals surface area contributed by atoms with Gasteiger partial charge in [0.25, 0.3) is 5.69 Å². The number of hydrogen-bond donors (Lipinski definition) is 1. The summed E-state index contributed by atoms with van der Waals surface area (Å²) in [6.45, 7) is 7.69. The van der Waals surface area contributed by atoms with Gasteiger partial charge in [-0.3, -0.25) is 10.1 Å². The van der Waals surface area contributed by atoms with Crippen LogP contribution in [0.5, 0.6) is 0 Å². The lowest BCUT2D eigenvalue weighted by atomic mass is 9.78. The number of anilines is 1. The Kier molecular flexibility index (Phi) is 3.65. The maximum absolute atomic E-state index is 11.4. The summed E-state index contributed by atoms with van der Waals surface area (Å²) in [7, 11) is -0.719. The van der Waals surface area contributed by atoms with Crippen molar-refractivity contribution in [2.75, 3.05) is 5.73 Å². The Hall–Kier alpha value is -2.39. The van der Waals surface area contributed by atoms with Gasteiger partial charge in [-0.1, -0.05) is 0 Å². The molecule has 1 fully saturated rings. The number of rotatable bonds is 3. The molecule has 8 nitrogen and oxygen atoms in total. The second-order valence-electron chi connectivity index (χ2n) is 6.77. The molecule has 0 bridgehead atoms. The average Bonchev–Trinajstić information content (AvgIpc) is 3.06. The van der Waals surface area contributed by atoms with Gasteiger partial charge < -0.3 is 15.0 Å². The molecule has 9 heteroatoms. The van der Waals surface area contributed by atoms with Crippen molar-refractivity contribution in [3.8, 4) is 5.69 Å². The molecule has 0 amide bonds. The monoisotopic (exact) mass is 330 g/mol. The van der Waals surface area contributed by atoms with E-state index in [4.69, 9.17) is 15.0 Å². The predicted molar refractivity (Wildman–Crippen MR) is 90.3 cm³/mol. The third-order valence-corrected chi connectivity index (χ3v) is 4.63. The SMILES string of the molecule is CC1(C)OB(c2cc(-n3cccn3)c(N)c([N+](=O)[O-])c2)OC1(C)C. The van der Waals surface area contributed by atoms with Crippen molar-refractivity contribution in [2.45, 2.75) is 38.9 Å². The molecule has 0 aliphatic carbocycles. The summed E-state index contributed by atoms with van der Waals surface area (Å²) in [4.78, 5) is 10.9. The Morgan fingerprint density at radius 2 is 1.88 bits per heavy atom. The molecule has 3 rings (SSSR count). The van der Waals surface area contributed by atoms with Crippen LogP contribution in [0.1, 0.15) is 27.7 Å². The molecule has 1 aromatic carbocycles. The van der Waals surface area contributed by atoms with E-state index in [1.807, 2.05) is 27.7 Å². The van der Waals surface area contributed by atoms with E-state index in [0.717, 1.165) is 0 Å². The average molecular weight is 330 g/mol. The van der Waals surface area contributed by atoms with Crippen LogP contribution >= 0.6 is 0 Å². The Morgan fingerprint density at radius 1 is 1.25 bits per heavy atom. The number of aromatic nitrogens is 2. The van der Waals surface area contributed by atoms with Crippen LogP contribution in [0.4, 0.5) is 11.4 Å². The van der Waals surface area contributed by atoms with Gasteiger partial charge in [0.1, 0.15) is 5.69 Å². The molecule has 1 aliphatic rings. The van der Waals surface area contributed by atoms with Crippen LogP contribution in [0, 0.1) is 10.1 Å². The van der Waals surface area contributed by atoms with Gasteiger partial charge >= 0.3 is 7.12 Å². The Bertz CT molecular complexity index is 773. The number of nitro groups is 1. The molecule has 1 saturated heterocycles. The molecule has 0 spiro atoms. The minimum atomic E-state index is -0.719. The molecular formula is C15H19BN4O4. The van der Waals surface area contributed by atoms with Gasteiger partial charge in [-0.2, -0.15) is 5.10 Å². The van der Waals surface area contributed by atoms with E-state index in [1.165, 1.54) is 10.7 Å². The van der Waals surface area contributed by atoms with Crippen molar-refractivity contribution in [3.63, 3.8) is 0 Å². The summed E-state index contributed by atoms with van der Waals surface area (Å²) in [5, 5.41) is 15.5. The van der Waals surface area contributed by atoms with Crippen LogP contribution in [-0.2, 0) is 9.31 Å². The van der Waals surface area contributed by atoms with Gasteiger partial charge in [-0.05, 0) is 45.3 Å². The lowest BCUT2D eigenvalue weighted by molar-refractivity contribution is -0.383. The molecule has 2 aromatic rings. The maximum atomic E-state index is 11.4. The fraction of sp³-hybridized carbons (Fsp3) is 0.400. The number of nitrogens with zero attached hydrogens (tertiary/aromatic N) is 3. The number of nitro benzene ring substituents is 1. The standard InChI is InChI=1S/C15H19BN4O4/c1-14(2)15(3,4)24-16(23-14)10-8-11(19-7-5-6-18-19)13(17)12(9-10)20(21)22/h5-9H,17H2,1-4H3. The van der Waals surface area contributed by atoms with Crippen LogP contribution in [-0.4, -0.2) is 33.0 Å². The number of hydrogen-bond acceptors (Lipinski definition) is 6. The van der Waals surface area contributed by atoms with Gasteiger partial charge in [0.2, 0.25) is 0 Å². The highest BCUT2D eigenvalue weighted by atomic mass is 16.7. The Balaban J connectivity index is 2.11. The molecular weight excluding hydrogens is 311 g/mol. The van der Waals surface area contributed by atoms with Crippen LogP contribution in [0.25, 0.3) is 5.69 Å². The largest absolute Gasteiger partial charge is 0.495 e. The maximum Gasteiger partial charge on any atom is 0.495 e. The smallest absolute Gasteiger partial charge is 0.399 e. The fourth-order valence-electron chi connectivity index (χ4n) is 2.51. The summed E-state index contributed by atoms with van der Waals surface area (Å²) < 4.78 is 13.4. The van der Waals surface area contributed by atoms with E-state index < -0.39 is 23.2 Å². The molecule has 0 atom stereocenters. The van der Waals surface area contributed by atoms with E-state index in [9.17, 15) is 10.1 Å². The van der Waals surface area contributed by atoms with Crippen LogP contribution < -0.4 is 11.2 Å². The highest BCUT2D eigenvalue weighted by molar-refractivity contribution is 6.62. The zero-order valence-corrected chi connectivity index (χ0v) is 14.0. The molecule has 1 aromatic heterocycles. The molecule has 0 unspecified atom stereocenters. The quantitative estimate of drug-likeness (QED) is 0.397. The summed E-state index contributed by atoms with van der Waals surface area (Å²) in [5.41, 5.74) is 5.67. The predicted octanol–water partition coefficient (Wildman–Crippen LogP) is 1.66. The first-order valence-corrected chi connectivity index (χ1v) is 7.56. The second kappa shape index (κ2) is 5.32. The number of nitrogen functional groups attached to an aromatic ring is 1. The third-order valence-electron chi connectivity index (χ3n) is 4.63. The first kappa shape index (κ1) is 16.5. The second-order valence-corrected chi connectivity index (χ2v) is 6.77. The molecule has 2 N–H and O–H groups in total. The number of benzene rings is 1. The third kappa shape index (κ3) is 2.55. The first-order chi connectivity index (χ1) is 11.1. The summed E-state index contributed by atoms with van der Waals surface area (Å²) >= 11 is 0. The highest BCUT2D eigenvalue weighted by Crippen LogP contribution is 2.37. The minimum absolute atomic E-state index is 0.0453. The zero-order chi connectivity index (χ0) is 17.7. The first-order valence-electron chi connectivity index (χ1n) is 7.56. The van der Waals surface area contributed by atoms with Crippen molar-refractivity contribution < 1.29 is 14.2 Å². The van der Waals surface area contributed by atoms with Crippen LogP contribution in [0.3, 0.4) is 0 Å². The zero-order valence-electron chi connectivity index (χ0n) is 14.0. The minimum Gasteiger partial charge on any atom is -0.399 e. The summed E-state index contributed by atoms with van der Waals surface area (Å²) in [5.74, 6) is 0.